The van der Waals surface area contributed by atoms with E-state index in [1.165, 1.54) is 6.07 Å². The van der Waals surface area contributed by atoms with E-state index in [1.54, 1.807) is 24.3 Å². The molecule has 0 spiro atoms. The number of hydrogen-bond donors (Lipinski definition) is 0. The molecule has 0 aliphatic rings. The van der Waals surface area contributed by atoms with Gasteiger partial charge in [-0.25, -0.2) is 0 Å². The van der Waals surface area contributed by atoms with Crippen molar-refractivity contribution in [3.05, 3.63) is 122 Å². The summed E-state index contributed by atoms with van der Waals surface area (Å²) >= 11 is 0. The topological polar surface area (TPSA) is 89.1 Å². The number of benzene rings is 5. The molecule has 0 aliphatic carbocycles. The number of hydrogen-bond acceptors (Lipinski definition) is 5. The molecule has 0 aliphatic heterocycles. The van der Waals surface area contributed by atoms with E-state index in [9.17, 15) is 14.9 Å². The van der Waals surface area contributed by atoms with E-state index in [0.29, 0.717) is 44.1 Å². The average Bonchev–Trinajstić information content (AvgIpc) is 3.33. The Labute approximate surface area is 231 Å². The number of nitriles is 1. The molecule has 0 amide bonds. The minimum absolute atomic E-state index is 0.224. The maximum atomic E-state index is 13.9. The first kappa shape index (κ1) is 23.2. The van der Waals surface area contributed by atoms with Crippen LogP contribution in [0.25, 0.3) is 71.4 Å². The summed E-state index contributed by atoms with van der Waals surface area (Å²) in [5.74, 6) is 0. The van der Waals surface area contributed by atoms with E-state index in [2.05, 4.69) is 60.9 Å². The predicted molar refractivity (Wildman–Crippen MR) is 162 cm³/mol. The molecule has 6 nitrogen and oxygen atoms in total. The van der Waals surface area contributed by atoms with Crippen molar-refractivity contribution in [1.29, 1.82) is 5.26 Å². The lowest BCUT2D eigenvalue weighted by Gasteiger charge is -2.12. The van der Waals surface area contributed by atoms with Gasteiger partial charge in [-0.15, -0.1) is 0 Å². The number of nitrogens with zero attached hydrogens (tertiary/aromatic N) is 2. The highest BCUT2D eigenvalue weighted by Crippen LogP contribution is 2.36. The quantitative estimate of drug-likeness (QED) is 0.201. The third-order valence-electron chi connectivity index (χ3n) is 8.05. The summed E-state index contributed by atoms with van der Waals surface area (Å²) in [5.41, 5.74) is 6.58. The lowest BCUT2D eigenvalue weighted by Crippen LogP contribution is -2.07. The van der Waals surface area contributed by atoms with Gasteiger partial charge in [0.05, 0.1) is 44.2 Å². The lowest BCUT2D eigenvalue weighted by molar-refractivity contribution is 0.646. The zero-order valence-corrected chi connectivity index (χ0v) is 22.1. The highest BCUT2D eigenvalue weighted by atomic mass is 16.3. The summed E-state index contributed by atoms with van der Waals surface area (Å²) in [6, 6.07) is 28.1. The number of aryl methyl sites for hydroxylation is 2. The fourth-order valence-corrected chi connectivity index (χ4v) is 6.12. The first-order chi connectivity index (χ1) is 19.9. The molecule has 5 aromatic carbocycles. The van der Waals surface area contributed by atoms with Crippen molar-refractivity contribution in [3.63, 3.8) is 0 Å². The normalized spacial score (nSPS) is 11.8. The molecule has 0 saturated carbocycles. The van der Waals surface area contributed by atoms with E-state index >= 15 is 0 Å². The molecule has 0 atom stereocenters. The van der Waals surface area contributed by atoms with Crippen LogP contribution in [0.3, 0.4) is 0 Å². The van der Waals surface area contributed by atoms with Crippen LogP contribution >= 0.6 is 0 Å². The largest absolute Gasteiger partial charge is 0.456 e. The van der Waals surface area contributed by atoms with Crippen molar-refractivity contribution >= 4 is 65.7 Å². The molecule has 0 saturated heterocycles. The van der Waals surface area contributed by atoms with Gasteiger partial charge in [-0.2, -0.15) is 5.26 Å². The smallest absolute Gasteiger partial charge is 0.200 e. The van der Waals surface area contributed by atoms with Gasteiger partial charge in [0.2, 0.25) is 10.9 Å². The highest BCUT2D eigenvalue weighted by molar-refractivity contribution is 6.11. The van der Waals surface area contributed by atoms with Gasteiger partial charge >= 0.3 is 0 Å². The standard InChI is InChI=1S/C35H20N2O4/c1-18-5-3-7-22-23-8-4-6-19(2)33(23)37(32(18)22)21-10-12-28-25(14-21)35(39)27-15-26-31(16-30(27)40-28)41-29-13-20(17-36)9-11-24(29)34(26)38/h3-16H,1-2H3. The molecule has 3 aromatic heterocycles. The third kappa shape index (κ3) is 3.17. The Morgan fingerprint density at radius 1 is 0.585 bits per heavy atom. The Morgan fingerprint density at radius 3 is 1.83 bits per heavy atom. The average molecular weight is 533 g/mol. The summed E-state index contributed by atoms with van der Waals surface area (Å²) in [5, 5.41) is 12.9. The summed E-state index contributed by atoms with van der Waals surface area (Å²) < 4.78 is 14.4. The van der Waals surface area contributed by atoms with Gasteiger partial charge < -0.3 is 13.4 Å². The van der Waals surface area contributed by atoms with Gasteiger partial charge in [0.1, 0.15) is 22.3 Å². The van der Waals surface area contributed by atoms with E-state index in [1.807, 2.05) is 18.2 Å². The van der Waals surface area contributed by atoms with E-state index in [-0.39, 0.29) is 16.2 Å². The first-order valence-corrected chi connectivity index (χ1v) is 13.2. The predicted octanol–water partition coefficient (Wildman–Crippen LogP) is 7.79. The maximum absolute atomic E-state index is 13.9. The second-order valence-corrected chi connectivity index (χ2v) is 10.5. The van der Waals surface area contributed by atoms with Crippen molar-refractivity contribution in [2.24, 2.45) is 0 Å². The number of fused-ring (bicyclic) bond motifs is 7. The van der Waals surface area contributed by atoms with Crippen LogP contribution in [0.15, 0.2) is 103 Å². The lowest BCUT2D eigenvalue weighted by atomic mass is 10.1. The molecule has 0 N–H and O–H groups in total. The number of aromatic nitrogens is 1. The minimum Gasteiger partial charge on any atom is -0.456 e. The zero-order chi connectivity index (χ0) is 28.0. The van der Waals surface area contributed by atoms with Gasteiger partial charge in [0, 0.05) is 22.5 Å². The summed E-state index contributed by atoms with van der Waals surface area (Å²) in [7, 11) is 0. The van der Waals surface area contributed by atoms with Gasteiger partial charge in [-0.3, -0.25) is 9.59 Å². The molecule has 194 valence electrons. The van der Waals surface area contributed by atoms with Crippen LogP contribution in [0, 0.1) is 25.2 Å². The Morgan fingerprint density at radius 2 is 1.17 bits per heavy atom. The molecule has 0 fully saturated rings. The molecule has 0 radical (unpaired) electrons. The molecular formula is C35H20N2O4. The molecule has 41 heavy (non-hydrogen) atoms. The second kappa shape index (κ2) is 8.17. The Hall–Kier alpha value is -5.67. The van der Waals surface area contributed by atoms with Crippen molar-refractivity contribution in [2.75, 3.05) is 0 Å². The summed E-state index contributed by atoms with van der Waals surface area (Å²) in [6.07, 6.45) is 0. The summed E-state index contributed by atoms with van der Waals surface area (Å²) in [6.45, 7) is 4.19. The monoisotopic (exact) mass is 532 g/mol. The minimum atomic E-state index is -0.267. The molecule has 6 heteroatoms. The number of para-hydroxylation sites is 2. The number of rotatable bonds is 1. The van der Waals surface area contributed by atoms with Crippen LogP contribution in [0.2, 0.25) is 0 Å². The van der Waals surface area contributed by atoms with Crippen LogP contribution in [-0.2, 0) is 0 Å². The second-order valence-electron chi connectivity index (χ2n) is 10.5. The van der Waals surface area contributed by atoms with Crippen LogP contribution < -0.4 is 10.9 Å². The van der Waals surface area contributed by atoms with E-state index in [0.717, 1.165) is 38.6 Å². The molecule has 8 aromatic rings. The van der Waals surface area contributed by atoms with Gasteiger partial charge in [-0.1, -0.05) is 36.4 Å². The van der Waals surface area contributed by atoms with Crippen molar-refractivity contribution < 1.29 is 8.83 Å². The zero-order valence-electron chi connectivity index (χ0n) is 22.1. The third-order valence-corrected chi connectivity index (χ3v) is 8.05. The van der Waals surface area contributed by atoms with Crippen LogP contribution in [-0.4, -0.2) is 4.57 Å². The Balaban J connectivity index is 1.44. The maximum Gasteiger partial charge on any atom is 0.200 e. The fraction of sp³-hybridized carbons (Fsp3) is 0.0571. The van der Waals surface area contributed by atoms with Crippen molar-refractivity contribution in [2.45, 2.75) is 13.8 Å². The van der Waals surface area contributed by atoms with Gasteiger partial charge in [-0.05, 0) is 67.4 Å². The van der Waals surface area contributed by atoms with Crippen LogP contribution in [0.4, 0.5) is 0 Å². The molecule has 8 rings (SSSR count). The van der Waals surface area contributed by atoms with Crippen molar-refractivity contribution in [1.82, 2.24) is 4.57 Å². The summed E-state index contributed by atoms with van der Waals surface area (Å²) in [4.78, 5) is 27.3. The fourth-order valence-electron chi connectivity index (χ4n) is 6.12. The molecule has 3 heterocycles. The Bertz CT molecular complexity index is 2550. The van der Waals surface area contributed by atoms with Crippen LogP contribution in [0.5, 0.6) is 0 Å². The van der Waals surface area contributed by atoms with Crippen LogP contribution in [0.1, 0.15) is 16.7 Å². The molecule has 0 unspecified atom stereocenters. The highest BCUT2D eigenvalue weighted by Gasteiger charge is 2.18. The SMILES string of the molecule is Cc1cccc2c3cccc(C)c3n(-c3ccc4oc5cc6oc7cc(C#N)ccc7c(=O)c6cc5c(=O)c4c3)c12. The molecule has 0 bridgehead atoms. The first-order valence-electron chi connectivity index (χ1n) is 13.2. The Kier molecular flexibility index (Phi) is 4.63. The van der Waals surface area contributed by atoms with Gasteiger partial charge in [0.15, 0.2) is 0 Å². The molecular weight excluding hydrogens is 512 g/mol. The van der Waals surface area contributed by atoms with E-state index < -0.39 is 0 Å². The van der Waals surface area contributed by atoms with Crippen molar-refractivity contribution in [3.8, 4) is 11.8 Å². The van der Waals surface area contributed by atoms with E-state index in [4.69, 9.17) is 8.83 Å². The van der Waals surface area contributed by atoms with Gasteiger partial charge in [0.25, 0.3) is 0 Å².